The molecule has 0 unspecified atom stereocenters. The lowest BCUT2D eigenvalue weighted by Crippen LogP contribution is -2.21. The van der Waals surface area contributed by atoms with Crippen LogP contribution in [0.3, 0.4) is 0 Å². The van der Waals surface area contributed by atoms with Gasteiger partial charge in [0.2, 0.25) is 0 Å². The maximum absolute atomic E-state index is 5.67. The van der Waals surface area contributed by atoms with Crippen LogP contribution in [0.25, 0.3) is 0 Å². The van der Waals surface area contributed by atoms with Gasteiger partial charge in [0.1, 0.15) is 12.4 Å². The summed E-state index contributed by atoms with van der Waals surface area (Å²) in [6, 6.07) is 8.50. The highest BCUT2D eigenvalue weighted by molar-refractivity contribution is 5.26. The molecule has 0 saturated carbocycles. The molecule has 1 aromatic carbocycles. The average Bonchev–Trinajstić information content (AvgIpc) is 2.87. The molecule has 5 nitrogen and oxygen atoms in total. The second kappa shape index (κ2) is 7.05. The topological polar surface area (TPSA) is 52.0 Å². The molecule has 0 radical (unpaired) electrons. The summed E-state index contributed by atoms with van der Waals surface area (Å²) in [6.07, 6.45) is 1.95. The first-order valence-corrected chi connectivity index (χ1v) is 6.95. The summed E-state index contributed by atoms with van der Waals surface area (Å²) in [5.41, 5.74) is 2.19. The highest BCUT2D eigenvalue weighted by Gasteiger charge is 2.02. The SMILES string of the molecule is Cc1ccc(OCCn2cc(CNC(C)C)nn2)cc1. The second-order valence-corrected chi connectivity index (χ2v) is 5.17. The molecule has 108 valence electrons. The van der Waals surface area contributed by atoms with Crippen LogP contribution in [0, 0.1) is 6.92 Å². The van der Waals surface area contributed by atoms with Crippen molar-refractivity contribution in [1.82, 2.24) is 20.3 Å². The van der Waals surface area contributed by atoms with E-state index in [-0.39, 0.29) is 0 Å². The number of aromatic nitrogens is 3. The summed E-state index contributed by atoms with van der Waals surface area (Å²) in [7, 11) is 0. The van der Waals surface area contributed by atoms with Crippen molar-refractivity contribution in [3.8, 4) is 5.75 Å². The molecule has 0 fully saturated rings. The molecule has 2 aromatic rings. The van der Waals surface area contributed by atoms with Gasteiger partial charge in [-0.3, -0.25) is 0 Å². The molecule has 0 atom stereocenters. The van der Waals surface area contributed by atoms with Gasteiger partial charge in [0.15, 0.2) is 0 Å². The Bertz CT molecular complexity index is 519. The van der Waals surface area contributed by atoms with Crippen LogP contribution in [0.1, 0.15) is 25.1 Å². The van der Waals surface area contributed by atoms with Crippen molar-refractivity contribution >= 4 is 0 Å². The summed E-state index contributed by atoms with van der Waals surface area (Å²) in [6.45, 7) is 8.31. The summed E-state index contributed by atoms with van der Waals surface area (Å²) in [5.74, 6) is 0.886. The maximum Gasteiger partial charge on any atom is 0.119 e. The number of ether oxygens (including phenoxy) is 1. The quantitative estimate of drug-likeness (QED) is 0.840. The van der Waals surface area contributed by atoms with Crippen molar-refractivity contribution < 1.29 is 4.74 Å². The standard InChI is InChI=1S/C15H22N4O/c1-12(2)16-10-14-11-19(18-17-14)8-9-20-15-6-4-13(3)5-7-15/h4-7,11-12,16H,8-10H2,1-3H3. The van der Waals surface area contributed by atoms with Gasteiger partial charge in [0.25, 0.3) is 0 Å². The van der Waals surface area contributed by atoms with Crippen molar-refractivity contribution in [3.05, 3.63) is 41.7 Å². The number of benzene rings is 1. The van der Waals surface area contributed by atoms with Crippen LogP contribution < -0.4 is 10.1 Å². The van der Waals surface area contributed by atoms with Crippen LogP contribution in [-0.4, -0.2) is 27.6 Å². The fraction of sp³-hybridized carbons (Fsp3) is 0.467. The van der Waals surface area contributed by atoms with Gasteiger partial charge < -0.3 is 10.1 Å². The van der Waals surface area contributed by atoms with Crippen LogP contribution >= 0.6 is 0 Å². The first kappa shape index (κ1) is 14.5. The van der Waals surface area contributed by atoms with Gasteiger partial charge in [0.05, 0.1) is 12.2 Å². The van der Waals surface area contributed by atoms with Crippen LogP contribution in [0.5, 0.6) is 5.75 Å². The lowest BCUT2D eigenvalue weighted by molar-refractivity contribution is 0.289. The zero-order valence-electron chi connectivity index (χ0n) is 12.3. The van der Waals surface area contributed by atoms with Gasteiger partial charge >= 0.3 is 0 Å². The number of rotatable bonds is 7. The summed E-state index contributed by atoms with van der Waals surface area (Å²) in [5, 5.41) is 11.5. The Morgan fingerprint density at radius 3 is 2.70 bits per heavy atom. The highest BCUT2D eigenvalue weighted by atomic mass is 16.5. The molecule has 0 amide bonds. The van der Waals surface area contributed by atoms with Gasteiger partial charge in [-0.2, -0.15) is 0 Å². The monoisotopic (exact) mass is 274 g/mol. The lowest BCUT2D eigenvalue weighted by atomic mass is 10.2. The third-order valence-corrected chi connectivity index (χ3v) is 2.89. The molecule has 1 heterocycles. The van der Waals surface area contributed by atoms with E-state index in [0.29, 0.717) is 19.2 Å². The third kappa shape index (κ3) is 4.66. The molecular formula is C15H22N4O. The predicted molar refractivity (Wildman–Crippen MR) is 78.7 cm³/mol. The van der Waals surface area contributed by atoms with E-state index in [1.165, 1.54) is 5.56 Å². The number of nitrogens with one attached hydrogen (secondary N) is 1. The van der Waals surface area contributed by atoms with E-state index in [9.17, 15) is 0 Å². The van der Waals surface area contributed by atoms with E-state index in [1.807, 2.05) is 35.1 Å². The highest BCUT2D eigenvalue weighted by Crippen LogP contribution is 2.11. The fourth-order valence-corrected chi connectivity index (χ4v) is 1.73. The summed E-state index contributed by atoms with van der Waals surface area (Å²) in [4.78, 5) is 0. The number of aryl methyl sites for hydroxylation is 1. The van der Waals surface area contributed by atoms with E-state index in [4.69, 9.17) is 4.74 Å². The Balaban J connectivity index is 1.75. The minimum absolute atomic E-state index is 0.449. The van der Waals surface area contributed by atoms with E-state index in [2.05, 4.69) is 36.4 Å². The predicted octanol–water partition coefficient (Wildman–Crippen LogP) is 2.16. The van der Waals surface area contributed by atoms with Gasteiger partial charge in [-0.15, -0.1) is 5.10 Å². The van der Waals surface area contributed by atoms with Gasteiger partial charge in [-0.1, -0.05) is 36.8 Å². The van der Waals surface area contributed by atoms with Crippen LogP contribution in [0.4, 0.5) is 0 Å². The summed E-state index contributed by atoms with van der Waals surface area (Å²) >= 11 is 0. The Kier molecular flexibility index (Phi) is 5.12. The molecular weight excluding hydrogens is 252 g/mol. The van der Waals surface area contributed by atoms with Crippen LogP contribution in [0.15, 0.2) is 30.5 Å². The van der Waals surface area contributed by atoms with Crippen molar-refractivity contribution in [2.75, 3.05) is 6.61 Å². The molecule has 0 spiro atoms. The molecule has 1 N–H and O–H groups in total. The van der Waals surface area contributed by atoms with Crippen LogP contribution in [-0.2, 0) is 13.1 Å². The molecule has 0 saturated heterocycles. The van der Waals surface area contributed by atoms with E-state index >= 15 is 0 Å². The van der Waals surface area contributed by atoms with E-state index < -0.39 is 0 Å². The minimum Gasteiger partial charge on any atom is -0.492 e. The largest absolute Gasteiger partial charge is 0.492 e. The van der Waals surface area contributed by atoms with Crippen molar-refractivity contribution in [1.29, 1.82) is 0 Å². The summed E-state index contributed by atoms with van der Waals surface area (Å²) < 4.78 is 7.48. The molecule has 2 rings (SSSR count). The Hall–Kier alpha value is -1.88. The zero-order chi connectivity index (χ0) is 14.4. The number of nitrogens with zero attached hydrogens (tertiary/aromatic N) is 3. The molecule has 0 bridgehead atoms. The zero-order valence-corrected chi connectivity index (χ0v) is 12.3. The molecule has 0 aliphatic rings. The average molecular weight is 274 g/mol. The molecule has 5 heteroatoms. The van der Waals surface area contributed by atoms with E-state index in [1.54, 1.807) is 0 Å². The van der Waals surface area contributed by atoms with Crippen molar-refractivity contribution in [3.63, 3.8) is 0 Å². The first-order chi connectivity index (χ1) is 9.63. The van der Waals surface area contributed by atoms with Gasteiger partial charge in [-0.25, -0.2) is 4.68 Å². The van der Waals surface area contributed by atoms with Gasteiger partial charge in [0, 0.05) is 18.8 Å². The van der Waals surface area contributed by atoms with E-state index in [0.717, 1.165) is 18.0 Å². The third-order valence-electron chi connectivity index (χ3n) is 2.89. The molecule has 0 aliphatic carbocycles. The fourth-order valence-electron chi connectivity index (χ4n) is 1.73. The Labute approximate surface area is 120 Å². The van der Waals surface area contributed by atoms with Crippen molar-refractivity contribution in [2.45, 2.75) is 39.9 Å². The molecule has 1 aromatic heterocycles. The Morgan fingerprint density at radius 1 is 1.25 bits per heavy atom. The van der Waals surface area contributed by atoms with Gasteiger partial charge in [-0.05, 0) is 19.1 Å². The first-order valence-electron chi connectivity index (χ1n) is 6.95. The second-order valence-electron chi connectivity index (χ2n) is 5.17. The minimum atomic E-state index is 0.449. The van der Waals surface area contributed by atoms with Crippen LogP contribution in [0.2, 0.25) is 0 Å². The van der Waals surface area contributed by atoms with Crippen molar-refractivity contribution in [2.24, 2.45) is 0 Å². The normalized spacial score (nSPS) is 11.0. The number of hydrogen-bond acceptors (Lipinski definition) is 4. The molecule has 0 aliphatic heterocycles. The number of hydrogen-bond donors (Lipinski definition) is 1. The lowest BCUT2D eigenvalue weighted by Gasteiger charge is -2.06. The smallest absolute Gasteiger partial charge is 0.119 e. The maximum atomic E-state index is 5.67. The molecule has 20 heavy (non-hydrogen) atoms. The Morgan fingerprint density at radius 2 is 2.00 bits per heavy atom.